The maximum Gasteiger partial charge on any atom is 0.299 e. The summed E-state index contributed by atoms with van der Waals surface area (Å²) in [5, 5.41) is 3.01. The van der Waals surface area contributed by atoms with Gasteiger partial charge in [-0.15, -0.1) is 0 Å². The zero-order valence-corrected chi connectivity index (χ0v) is 23.8. The second kappa shape index (κ2) is 11.8. The van der Waals surface area contributed by atoms with Gasteiger partial charge in [0.05, 0.1) is 6.04 Å². The second-order valence-corrected chi connectivity index (χ2v) is 10.5. The van der Waals surface area contributed by atoms with Gasteiger partial charge in [-0.05, 0) is 67.0 Å². The number of benzene rings is 2. The third kappa shape index (κ3) is 5.65. The molecule has 1 aliphatic heterocycles. The van der Waals surface area contributed by atoms with Crippen LogP contribution in [0, 0.1) is 18.8 Å². The number of rotatable bonds is 6. The van der Waals surface area contributed by atoms with Gasteiger partial charge < -0.3 is 20.7 Å². The van der Waals surface area contributed by atoms with Gasteiger partial charge in [0.15, 0.2) is 0 Å². The van der Waals surface area contributed by atoms with Crippen LogP contribution in [0.25, 0.3) is 16.8 Å². The van der Waals surface area contributed by atoms with Crippen LogP contribution in [0.4, 0.5) is 11.5 Å². The molecule has 9 heteroatoms. The fourth-order valence-electron chi connectivity index (χ4n) is 5.47. The summed E-state index contributed by atoms with van der Waals surface area (Å²) in [6.45, 7) is 7.13. The van der Waals surface area contributed by atoms with Crippen molar-refractivity contribution in [1.29, 1.82) is 0 Å². The SMILES string of the molecule is COCC#CC(=O)N1CCC[C@H]1c1nc(-c2cccc(C(=O)Nc3ccc(C(C)C)c(C)c3)c2)c2c(N)nccn12. The smallest absolute Gasteiger partial charge is 0.299 e. The average Bonchev–Trinajstić information content (AvgIpc) is 3.59. The number of fused-ring (bicyclic) bond motifs is 1. The third-order valence-electron chi connectivity index (χ3n) is 7.38. The largest absolute Gasteiger partial charge is 0.382 e. The Morgan fingerprint density at radius 2 is 2.05 bits per heavy atom. The fourth-order valence-corrected chi connectivity index (χ4v) is 5.47. The van der Waals surface area contributed by atoms with Gasteiger partial charge in [-0.25, -0.2) is 9.97 Å². The molecule has 1 saturated heterocycles. The molecule has 0 spiro atoms. The van der Waals surface area contributed by atoms with Crippen molar-refractivity contribution >= 4 is 28.8 Å². The molecule has 3 heterocycles. The highest BCUT2D eigenvalue weighted by molar-refractivity contribution is 6.05. The molecule has 4 aromatic rings. The number of methoxy groups -OCH3 is 1. The zero-order chi connectivity index (χ0) is 29.1. The number of amides is 2. The predicted molar refractivity (Wildman–Crippen MR) is 159 cm³/mol. The van der Waals surface area contributed by atoms with Crippen LogP contribution >= 0.6 is 0 Å². The number of nitrogen functional groups attached to an aromatic ring is 1. The Bertz CT molecular complexity index is 1680. The van der Waals surface area contributed by atoms with Crippen molar-refractivity contribution < 1.29 is 14.3 Å². The van der Waals surface area contributed by atoms with Crippen molar-refractivity contribution in [3.05, 3.63) is 77.4 Å². The van der Waals surface area contributed by atoms with Crippen LogP contribution in [0.15, 0.2) is 54.9 Å². The Hall–Kier alpha value is -4.68. The molecule has 2 amide bonds. The number of hydrogen-bond donors (Lipinski definition) is 2. The standard InChI is InChI=1S/C32H34N6O3/c1-20(2)25-13-12-24(18-21(25)3)35-32(40)23-9-5-8-22(19-23)28-29-30(33)34-14-16-38(29)31(36-28)26-10-6-15-37(26)27(39)11-7-17-41-4/h5,8-9,12-14,16,18-20,26H,6,10,15,17H2,1-4H3,(H2,33,34)(H,35,40)/t26-/m0/s1. The normalized spacial score (nSPS) is 14.8. The Labute approximate surface area is 239 Å². The van der Waals surface area contributed by atoms with Gasteiger partial charge in [-0.2, -0.15) is 0 Å². The van der Waals surface area contributed by atoms with Gasteiger partial charge in [-0.3, -0.25) is 14.0 Å². The van der Waals surface area contributed by atoms with E-state index in [-0.39, 0.29) is 24.5 Å². The molecule has 0 bridgehead atoms. The molecule has 41 heavy (non-hydrogen) atoms. The molecular formula is C32H34N6O3. The topological polar surface area (TPSA) is 115 Å². The fraction of sp³-hybridized carbons (Fsp3) is 0.312. The van der Waals surface area contributed by atoms with Crippen molar-refractivity contribution in [2.75, 3.05) is 31.3 Å². The Morgan fingerprint density at radius 3 is 2.80 bits per heavy atom. The average molecular weight is 551 g/mol. The molecule has 0 saturated carbocycles. The van der Waals surface area contributed by atoms with Gasteiger partial charge in [0.1, 0.15) is 29.5 Å². The first kappa shape index (κ1) is 27.9. The van der Waals surface area contributed by atoms with Gasteiger partial charge in [-0.1, -0.05) is 38.0 Å². The summed E-state index contributed by atoms with van der Waals surface area (Å²) in [5.41, 5.74) is 11.9. The van der Waals surface area contributed by atoms with E-state index in [0.717, 1.165) is 29.7 Å². The zero-order valence-electron chi connectivity index (χ0n) is 23.8. The minimum Gasteiger partial charge on any atom is -0.382 e. The van der Waals surface area contributed by atoms with Crippen molar-refractivity contribution in [1.82, 2.24) is 19.3 Å². The Balaban J connectivity index is 1.49. The lowest BCUT2D eigenvalue weighted by molar-refractivity contribution is -0.126. The first-order chi connectivity index (χ1) is 19.8. The van der Waals surface area contributed by atoms with Crippen LogP contribution in [0.2, 0.25) is 0 Å². The maximum absolute atomic E-state index is 13.3. The Kier molecular flexibility index (Phi) is 8.04. The minimum atomic E-state index is -0.272. The van der Waals surface area contributed by atoms with Crippen LogP contribution in [-0.4, -0.2) is 51.3 Å². The quantitative estimate of drug-likeness (QED) is 0.328. The summed E-state index contributed by atoms with van der Waals surface area (Å²) >= 11 is 0. The second-order valence-electron chi connectivity index (χ2n) is 10.5. The molecular weight excluding hydrogens is 516 g/mol. The maximum atomic E-state index is 13.3. The van der Waals surface area contributed by atoms with E-state index in [1.165, 1.54) is 12.7 Å². The van der Waals surface area contributed by atoms with E-state index >= 15 is 0 Å². The number of aromatic nitrogens is 3. The number of aryl methyl sites for hydroxylation is 1. The van der Waals surface area contributed by atoms with E-state index < -0.39 is 0 Å². The highest BCUT2D eigenvalue weighted by atomic mass is 16.5. The van der Waals surface area contributed by atoms with Crippen LogP contribution in [-0.2, 0) is 9.53 Å². The summed E-state index contributed by atoms with van der Waals surface area (Å²) in [4.78, 5) is 37.2. The monoisotopic (exact) mass is 550 g/mol. The van der Waals surface area contributed by atoms with E-state index in [1.54, 1.807) is 29.4 Å². The molecule has 2 aromatic carbocycles. The lowest BCUT2D eigenvalue weighted by Gasteiger charge is -2.21. The summed E-state index contributed by atoms with van der Waals surface area (Å²) in [6.07, 6.45) is 5.00. The van der Waals surface area contributed by atoms with E-state index in [1.807, 2.05) is 28.7 Å². The van der Waals surface area contributed by atoms with Crippen molar-refractivity contribution in [3.8, 4) is 23.1 Å². The molecule has 210 valence electrons. The third-order valence-corrected chi connectivity index (χ3v) is 7.38. The number of imidazole rings is 1. The summed E-state index contributed by atoms with van der Waals surface area (Å²) in [5.74, 6) is 6.33. The number of hydrogen-bond acceptors (Lipinski definition) is 6. The molecule has 5 rings (SSSR count). The number of likely N-dealkylation sites (tertiary alicyclic amines) is 1. The van der Waals surface area contributed by atoms with E-state index in [2.05, 4.69) is 49.0 Å². The van der Waals surface area contributed by atoms with Crippen LogP contribution in [0.3, 0.4) is 0 Å². The number of ether oxygens (including phenoxy) is 1. The number of carbonyl (C=O) groups excluding carboxylic acids is 2. The highest BCUT2D eigenvalue weighted by Crippen LogP contribution is 2.36. The molecule has 9 nitrogen and oxygen atoms in total. The molecule has 0 aliphatic carbocycles. The molecule has 1 fully saturated rings. The van der Waals surface area contributed by atoms with E-state index in [0.29, 0.717) is 40.9 Å². The molecule has 1 aliphatic rings. The lowest BCUT2D eigenvalue weighted by Crippen LogP contribution is -2.30. The lowest BCUT2D eigenvalue weighted by atomic mass is 9.97. The molecule has 0 unspecified atom stereocenters. The molecule has 1 atom stereocenters. The van der Waals surface area contributed by atoms with Gasteiger partial charge in [0, 0.05) is 42.9 Å². The first-order valence-electron chi connectivity index (χ1n) is 13.7. The predicted octanol–water partition coefficient (Wildman–Crippen LogP) is 4.98. The van der Waals surface area contributed by atoms with Crippen molar-refractivity contribution in [2.24, 2.45) is 0 Å². The number of carbonyl (C=O) groups is 2. The number of anilines is 2. The number of nitrogens with zero attached hydrogens (tertiary/aromatic N) is 4. The summed E-state index contributed by atoms with van der Waals surface area (Å²) in [6, 6.07) is 13.0. The summed E-state index contributed by atoms with van der Waals surface area (Å²) < 4.78 is 6.85. The van der Waals surface area contributed by atoms with Crippen molar-refractivity contribution in [3.63, 3.8) is 0 Å². The van der Waals surface area contributed by atoms with E-state index in [4.69, 9.17) is 15.5 Å². The number of nitrogens with two attached hydrogens (primary N) is 1. The van der Waals surface area contributed by atoms with Gasteiger partial charge in [0.2, 0.25) is 0 Å². The number of nitrogens with one attached hydrogen (secondary N) is 1. The molecule has 3 N–H and O–H groups in total. The molecule has 2 aromatic heterocycles. The van der Waals surface area contributed by atoms with Crippen LogP contribution < -0.4 is 11.1 Å². The van der Waals surface area contributed by atoms with Gasteiger partial charge in [0.25, 0.3) is 11.8 Å². The van der Waals surface area contributed by atoms with E-state index in [9.17, 15) is 9.59 Å². The van der Waals surface area contributed by atoms with Crippen LogP contribution in [0.1, 0.15) is 66.0 Å². The van der Waals surface area contributed by atoms with Crippen LogP contribution in [0.5, 0.6) is 0 Å². The minimum absolute atomic E-state index is 0.190. The highest BCUT2D eigenvalue weighted by Gasteiger charge is 2.33. The molecule has 0 radical (unpaired) electrons. The van der Waals surface area contributed by atoms with Crippen molar-refractivity contribution in [2.45, 2.75) is 45.6 Å². The Morgan fingerprint density at radius 1 is 1.22 bits per heavy atom. The summed E-state index contributed by atoms with van der Waals surface area (Å²) in [7, 11) is 1.54. The van der Waals surface area contributed by atoms with Gasteiger partial charge >= 0.3 is 0 Å². The first-order valence-corrected chi connectivity index (χ1v) is 13.7.